The van der Waals surface area contributed by atoms with Gasteiger partial charge in [-0.3, -0.25) is 9.13 Å². The van der Waals surface area contributed by atoms with Gasteiger partial charge in [0.1, 0.15) is 0 Å². The van der Waals surface area contributed by atoms with E-state index in [-0.39, 0.29) is 19.3 Å². The van der Waals surface area contributed by atoms with Gasteiger partial charge in [0, 0.05) is 28.4 Å². The second-order valence-electron chi connectivity index (χ2n) is 3.91. The lowest BCUT2D eigenvalue weighted by atomic mass is 10.2. The smallest absolute Gasteiger partial charge is 0.310 e. The Labute approximate surface area is 122 Å². The van der Waals surface area contributed by atoms with Crippen molar-refractivity contribution in [3.63, 3.8) is 0 Å². The predicted octanol–water partition coefficient (Wildman–Crippen LogP) is 3.31. The van der Waals surface area contributed by atoms with E-state index < -0.39 is 26.8 Å². The van der Waals surface area contributed by atoms with Gasteiger partial charge in [-0.05, 0) is 19.3 Å². The van der Waals surface area contributed by atoms with Crippen LogP contribution in [-0.2, 0) is 27.2 Å². The molecule has 21 heavy (non-hydrogen) atoms. The van der Waals surface area contributed by atoms with Crippen LogP contribution in [0.4, 0.5) is 0 Å². The summed E-state index contributed by atoms with van der Waals surface area (Å²) in [5.41, 5.74) is 0. The van der Waals surface area contributed by atoms with Gasteiger partial charge in [-0.2, -0.15) is 0 Å². The van der Waals surface area contributed by atoms with Gasteiger partial charge in [0.15, 0.2) is 11.6 Å². The lowest BCUT2D eigenvalue weighted by molar-refractivity contribution is 0.260. The zero-order valence-electron chi connectivity index (χ0n) is 12.3. The highest BCUT2D eigenvalue weighted by atomic mass is 31.2. The zero-order valence-corrected chi connectivity index (χ0v) is 14.1. The lowest BCUT2D eigenvalue weighted by Gasteiger charge is -2.20. The monoisotopic (exact) mass is 346 g/mol. The van der Waals surface area contributed by atoms with E-state index in [1.165, 1.54) is 0 Å². The van der Waals surface area contributed by atoms with Crippen molar-refractivity contribution in [2.45, 2.75) is 30.8 Å². The molecule has 0 aliphatic heterocycles. The van der Waals surface area contributed by atoms with Crippen LogP contribution >= 0.6 is 15.2 Å². The molecule has 2 atom stereocenters. The number of nitrogens with zero attached hydrogens (tertiary/aromatic N) is 2. The SMILES string of the molecule is COP(=O)(OC)C(CCCC(N=O)P(=O)(OC)OC)N=O. The highest BCUT2D eigenvalue weighted by Crippen LogP contribution is 2.56. The van der Waals surface area contributed by atoms with E-state index in [1.54, 1.807) is 0 Å². The van der Waals surface area contributed by atoms with Crippen molar-refractivity contribution in [3.05, 3.63) is 9.81 Å². The topological polar surface area (TPSA) is 130 Å². The molecule has 0 fully saturated rings. The van der Waals surface area contributed by atoms with Crippen molar-refractivity contribution in [3.8, 4) is 0 Å². The molecular formula is C9H20N2O8P2. The van der Waals surface area contributed by atoms with Crippen molar-refractivity contribution < 1.29 is 27.2 Å². The summed E-state index contributed by atoms with van der Waals surface area (Å²) in [7, 11) is -2.70. The van der Waals surface area contributed by atoms with E-state index >= 15 is 0 Å². The van der Waals surface area contributed by atoms with Crippen LogP contribution in [0.1, 0.15) is 19.3 Å². The Balaban J connectivity index is 4.71. The van der Waals surface area contributed by atoms with Gasteiger partial charge in [-0.1, -0.05) is 10.4 Å². The molecule has 124 valence electrons. The number of hydrogen-bond acceptors (Lipinski definition) is 10. The molecular weight excluding hydrogens is 326 g/mol. The fraction of sp³-hybridized carbons (Fsp3) is 1.00. The Hall–Kier alpha value is -0.500. The predicted molar refractivity (Wildman–Crippen MR) is 76.3 cm³/mol. The van der Waals surface area contributed by atoms with Crippen LogP contribution in [0.2, 0.25) is 0 Å². The van der Waals surface area contributed by atoms with Gasteiger partial charge in [0.25, 0.3) is 0 Å². The minimum atomic E-state index is -3.63. The first-order chi connectivity index (χ1) is 9.87. The summed E-state index contributed by atoms with van der Waals surface area (Å²) in [6, 6.07) is 0. The molecule has 0 aromatic heterocycles. The van der Waals surface area contributed by atoms with Crippen molar-refractivity contribution in [1.82, 2.24) is 0 Å². The lowest BCUT2D eigenvalue weighted by Crippen LogP contribution is -2.12. The van der Waals surface area contributed by atoms with Crippen LogP contribution < -0.4 is 0 Å². The zero-order chi connectivity index (χ0) is 16.5. The van der Waals surface area contributed by atoms with Gasteiger partial charge in [0.2, 0.25) is 0 Å². The molecule has 0 heterocycles. The fourth-order valence-corrected chi connectivity index (χ4v) is 4.16. The van der Waals surface area contributed by atoms with Gasteiger partial charge in [-0.25, -0.2) is 0 Å². The first kappa shape index (κ1) is 20.5. The van der Waals surface area contributed by atoms with E-state index in [1.807, 2.05) is 0 Å². The largest absolute Gasteiger partial charge is 0.358 e. The molecule has 0 spiro atoms. The quantitative estimate of drug-likeness (QED) is 0.388. The summed E-state index contributed by atoms with van der Waals surface area (Å²) in [5.74, 6) is -2.44. The van der Waals surface area contributed by atoms with Crippen molar-refractivity contribution in [2.75, 3.05) is 28.4 Å². The summed E-state index contributed by atoms with van der Waals surface area (Å²) < 4.78 is 42.8. The minimum absolute atomic E-state index is 0.0158. The van der Waals surface area contributed by atoms with Gasteiger partial charge in [-0.15, -0.1) is 9.81 Å². The third-order valence-corrected chi connectivity index (χ3v) is 7.12. The Morgan fingerprint density at radius 3 is 1.24 bits per heavy atom. The Bertz CT molecular complexity index is 378. The molecule has 0 saturated heterocycles. The summed E-state index contributed by atoms with van der Waals surface area (Å²) in [4.78, 5) is 21.5. The van der Waals surface area contributed by atoms with Crippen LogP contribution in [-0.4, -0.2) is 40.0 Å². The molecule has 0 aliphatic carbocycles. The summed E-state index contributed by atoms with van der Waals surface area (Å²) in [5, 5.41) is 5.45. The first-order valence-corrected chi connectivity index (χ1v) is 9.17. The van der Waals surface area contributed by atoms with Crippen LogP contribution in [0.3, 0.4) is 0 Å². The molecule has 0 saturated carbocycles. The number of hydrogen-bond donors (Lipinski definition) is 0. The molecule has 0 aromatic rings. The normalized spacial score (nSPS) is 15.4. The summed E-state index contributed by atoms with van der Waals surface area (Å²) in [6.45, 7) is 0. The second-order valence-corrected chi connectivity index (χ2v) is 8.73. The average Bonchev–Trinajstić information content (AvgIpc) is 2.53. The molecule has 0 N–H and O–H groups in total. The molecule has 0 aromatic carbocycles. The Kier molecular flexibility index (Phi) is 9.28. The maximum atomic E-state index is 12.0. The van der Waals surface area contributed by atoms with E-state index in [0.29, 0.717) is 0 Å². The van der Waals surface area contributed by atoms with E-state index in [9.17, 15) is 18.9 Å². The molecule has 12 heteroatoms. The van der Waals surface area contributed by atoms with Crippen LogP contribution in [0.5, 0.6) is 0 Å². The Morgan fingerprint density at radius 2 is 1.05 bits per heavy atom. The summed E-state index contributed by atoms with van der Waals surface area (Å²) >= 11 is 0. The van der Waals surface area contributed by atoms with Gasteiger partial charge >= 0.3 is 15.2 Å². The average molecular weight is 346 g/mol. The fourth-order valence-electron chi connectivity index (χ4n) is 1.66. The summed E-state index contributed by atoms with van der Waals surface area (Å²) in [6.07, 6.45) is 0.212. The molecule has 2 unspecified atom stereocenters. The standard InChI is InChI=1S/C9H20N2O8P2/c1-16-20(14,17-2)8(10-12)6-5-7-9(11-13)21(15,18-3)19-4/h8-9H,5-7H2,1-4H3. The van der Waals surface area contributed by atoms with Gasteiger partial charge < -0.3 is 18.1 Å². The third kappa shape index (κ3) is 5.32. The van der Waals surface area contributed by atoms with Crippen LogP contribution in [0, 0.1) is 9.81 Å². The van der Waals surface area contributed by atoms with E-state index in [4.69, 9.17) is 0 Å². The van der Waals surface area contributed by atoms with Crippen LogP contribution in [0.15, 0.2) is 10.4 Å². The third-order valence-electron chi connectivity index (χ3n) is 2.92. The van der Waals surface area contributed by atoms with E-state index in [2.05, 4.69) is 28.4 Å². The van der Waals surface area contributed by atoms with E-state index in [0.717, 1.165) is 28.4 Å². The Morgan fingerprint density at radius 1 is 0.762 bits per heavy atom. The van der Waals surface area contributed by atoms with Crippen LogP contribution in [0.25, 0.3) is 0 Å². The molecule has 0 aliphatic rings. The highest BCUT2D eigenvalue weighted by molar-refractivity contribution is 7.54. The molecule has 10 nitrogen and oxygen atoms in total. The maximum Gasteiger partial charge on any atom is 0.358 e. The second kappa shape index (κ2) is 9.50. The molecule has 0 rings (SSSR count). The minimum Gasteiger partial charge on any atom is -0.310 e. The number of nitroso groups, excluding NO2 is 2. The molecule has 0 radical (unpaired) electrons. The highest BCUT2D eigenvalue weighted by Gasteiger charge is 2.38. The van der Waals surface area contributed by atoms with Gasteiger partial charge in [0.05, 0.1) is 0 Å². The molecule has 0 bridgehead atoms. The van der Waals surface area contributed by atoms with Crippen molar-refractivity contribution in [1.29, 1.82) is 0 Å². The number of rotatable bonds is 12. The van der Waals surface area contributed by atoms with Crippen molar-refractivity contribution >= 4 is 15.2 Å². The van der Waals surface area contributed by atoms with Crippen molar-refractivity contribution in [2.24, 2.45) is 10.4 Å². The molecule has 0 amide bonds. The maximum absolute atomic E-state index is 12.0. The first-order valence-electron chi connectivity index (χ1n) is 5.94.